The van der Waals surface area contributed by atoms with E-state index in [-0.39, 0.29) is 5.60 Å². The van der Waals surface area contributed by atoms with E-state index in [1.54, 1.807) is 0 Å². The number of ether oxygens (including phenoxy) is 1. The lowest BCUT2D eigenvalue weighted by Crippen LogP contribution is -2.17. The standard InChI is InChI=1S/C5H10O2.C4H8O3/c1-5(2,3)7-4-6;1-2-4-6-7-5-3-1/h4H,1-3H3;1-4H2. The number of hydrogen-bond acceptors (Lipinski definition) is 5. The molecule has 0 unspecified atom stereocenters. The molecule has 0 radical (unpaired) electrons. The van der Waals surface area contributed by atoms with Crippen LogP contribution in [0.3, 0.4) is 0 Å². The fourth-order valence-electron chi connectivity index (χ4n) is 0.568. The Labute approximate surface area is 84.1 Å². The van der Waals surface area contributed by atoms with Gasteiger partial charge in [-0.3, -0.25) is 4.79 Å². The lowest BCUT2D eigenvalue weighted by Gasteiger charge is -2.14. The van der Waals surface area contributed by atoms with Crippen LogP contribution in [0.4, 0.5) is 0 Å². The van der Waals surface area contributed by atoms with Crippen LogP contribution in [0.25, 0.3) is 0 Å². The molecule has 0 spiro atoms. The first kappa shape index (κ1) is 13.4. The van der Waals surface area contributed by atoms with Crippen molar-refractivity contribution in [2.24, 2.45) is 0 Å². The maximum atomic E-state index is 9.60. The molecule has 84 valence electrons. The Morgan fingerprint density at radius 3 is 1.93 bits per heavy atom. The number of rotatable bonds is 1. The van der Waals surface area contributed by atoms with E-state index >= 15 is 0 Å². The van der Waals surface area contributed by atoms with Gasteiger partial charge in [0.05, 0.1) is 13.2 Å². The van der Waals surface area contributed by atoms with E-state index in [2.05, 4.69) is 19.6 Å². The second-order valence-electron chi connectivity index (χ2n) is 3.75. The SMILES string of the molecule is C1CCOOOC1.CC(C)(C)OC=O. The second-order valence-corrected chi connectivity index (χ2v) is 3.75. The molecule has 5 heteroatoms. The van der Waals surface area contributed by atoms with Gasteiger partial charge in [-0.2, -0.15) is 0 Å². The molecule has 14 heavy (non-hydrogen) atoms. The smallest absolute Gasteiger partial charge is 0.293 e. The minimum Gasteiger partial charge on any atom is -0.462 e. The van der Waals surface area contributed by atoms with Crippen molar-refractivity contribution in [3.05, 3.63) is 0 Å². The van der Waals surface area contributed by atoms with Gasteiger partial charge in [0.15, 0.2) is 0 Å². The van der Waals surface area contributed by atoms with Gasteiger partial charge in [0.2, 0.25) is 0 Å². The number of hydrogen-bond donors (Lipinski definition) is 0. The molecule has 1 rings (SSSR count). The largest absolute Gasteiger partial charge is 0.462 e. The third-order valence-electron chi connectivity index (χ3n) is 1.20. The first-order valence-electron chi connectivity index (χ1n) is 4.59. The molecule has 1 aliphatic heterocycles. The maximum absolute atomic E-state index is 9.60. The van der Waals surface area contributed by atoms with Crippen LogP contribution in [0.1, 0.15) is 33.6 Å². The fraction of sp³-hybridized carbons (Fsp3) is 0.889. The van der Waals surface area contributed by atoms with E-state index in [1.807, 2.05) is 20.8 Å². The van der Waals surface area contributed by atoms with Crippen molar-refractivity contribution >= 4 is 6.47 Å². The lowest BCUT2D eigenvalue weighted by molar-refractivity contribution is -0.504. The van der Waals surface area contributed by atoms with Crippen LogP contribution in [-0.2, 0) is 24.3 Å². The minimum absolute atomic E-state index is 0.318. The summed E-state index contributed by atoms with van der Waals surface area (Å²) in [4.78, 5) is 18.5. The zero-order chi connectivity index (χ0) is 10.9. The Bertz CT molecular complexity index is 121. The summed E-state index contributed by atoms with van der Waals surface area (Å²) in [5.41, 5.74) is -0.318. The molecule has 0 aromatic heterocycles. The first-order chi connectivity index (χ1) is 6.56. The van der Waals surface area contributed by atoms with Crippen molar-refractivity contribution in [2.45, 2.75) is 39.2 Å². The molecule has 0 aliphatic carbocycles. The van der Waals surface area contributed by atoms with E-state index in [9.17, 15) is 4.79 Å². The van der Waals surface area contributed by atoms with E-state index in [4.69, 9.17) is 0 Å². The van der Waals surface area contributed by atoms with Crippen LogP contribution in [-0.4, -0.2) is 25.3 Å². The molecule has 0 saturated carbocycles. The van der Waals surface area contributed by atoms with Crippen molar-refractivity contribution in [2.75, 3.05) is 13.2 Å². The van der Waals surface area contributed by atoms with Crippen molar-refractivity contribution in [1.82, 2.24) is 0 Å². The normalized spacial score (nSPS) is 17.4. The van der Waals surface area contributed by atoms with Gasteiger partial charge in [-0.15, -0.1) is 0 Å². The van der Waals surface area contributed by atoms with Crippen LogP contribution < -0.4 is 0 Å². The molecule has 0 aromatic rings. The van der Waals surface area contributed by atoms with E-state index in [0.717, 1.165) is 12.8 Å². The highest BCUT2D eigenvalue weighted by Gasteiger charge is 2.07. The van der Waals surface area contributed by atoms with Crippen LogP contribution in [0.2, 0.25) is 0 Å². The van der Waals surface area contributed by atoms with Gasteiger partial charge in [-0.25, -0.2) is 9.78 Å². The summed E-state index contributed by atoms with van der Waals surface area (Å²) < 4.78 is 4.55. The molecule has 0 atom stereocenters. The fourth-order valence-corrected chi connectivity index (χ4v) is 0.568. The highest BCUT2D eigenvalue weighted by Crippen LogP contribution is 2.02. The van der Waals surface area contributed by atoms with Crippen LogP contribution in [0, 0.1) is 0 Å². The van der Waals surface area contributed by atoms with Crippen LogP contribution >= 0.6 is 0 Å². The summed E-state index contributed by atoms with van der Waals surface area (Å²) in [5.74, 6) is 0. The maximum Gasteiger partial charge on any atom is 0.293 e. The summed E-state index contributed by atoms with van der Waals surface area (Å²) in [7, 11) is 0. The van der Waals surface area contributed by atoms with E-state index in [0.29, 0.717) is 19.7 Å². The summed E-state index contributed by atoms with van der Waals surface area (Å²) in [6, 6.07) is 0. The van der Waals surface area contributed by atoms with E-state index < -0.39 is 0 Å². The van der Waals surface area contributed by atoms with Crippen molar-refractivity contribution < 1.29 is 24.3 Å². The molecule has 0 bridgehead atoms. The zero-order valence-corrected chi connectivity index (χ0v) is 8.95. The molecular weight excluding hydrogens is 188 g/mol. The Morgan fingerprint density at radius 1 is 1.14 bits per heavy atom. The van der Waals surface area contributed by atoms with Gasteiger partial charge in [0, 0.05) is 0 Å². The van der Waals surface area contributed by atoms with Crippen LogP contribution in [0.15, 0.2) is 0 Å². The lowest BCUT2D eigenvalue weighted by atomic mass is 10.2. The molecule has 0 N–H and O–H groups in total. The molecule has 1 aliphatic rings. The highest BCUT2D eigenvalue weighted by atomic mass is 17.5. The molecule has 5 nitrogen and oxygen atoms in total. The Balaban J connectivity index is 0.000000241. The molecule has 1 fully saturated rings. The van der Waals surface area contributed by atoms with E-state index in [1.165, 1.54) is 0 Å². The highest BCUT2D eigenvalue weighted by molar-refractivity contribution is 5.37. The number of carbonyl (C=O) groups excluding carboxylic acids is 1. The van der Waals surface area contributed by atoms with Crippen molar-refractivity contribution in [1.29, 1.82) is 0 Å². The molecule has 0 aromatic carbocycles. The van der Waals surface area contributed by atoms with Gasteiger partial charge in [0.25, 0.3) is 6.47 Å². The zero-order valence-electron chi connectivity index (χ0n) is 8.95. The quantitative estimate of drug-likeness (QED) is 0.482. The molecule has 1 saturated heterocycles. The summed E-state index contributed by atoms with van der Waals surface area (Å²) in [6.07, 6.45) is 2.06. The van der Waals surface area contributed by atoms with Gasteiger partial charge in [-0.05, 0) is 33.6 Å². The third kappa shape index (κ3) is 11.4. The van der Waals surface area contributed by atoms with Crippen LogP contribution in [0.5, 0.6) is 0 Å². The summed E-state index contributed by atoms with van der Waals surface area (Å²) >= 11 is 0. The van der Waals surface area contributed by atoms with Crippen molar-refractivity contribution in [3.8, 4) is 0 Å². The Morgan fingerprint density at radius 2 is 1.64 bits per heavy atom. The van der Waals surface area contributed by atoms with Crippen molar-refractivity contribution in [3.63, 3.8) is 0 Å². The Kier molecular flexibility index (Phi) is 7.37. The monoisotopic (exact) mass is 206 g/mol. The van der Waals surface area contributed by atoms with Gasteiger partial charge < -0.3 is 4.74 Å². The molecular formula is C9H18O5. The summed E-state index contributed by atoms with van der Waals surface area (Å²) in [6.45, 7) is 7.23. The topological polar surface area (TPSA) is 54.0 Å². The Hall–Kier alpha value is -0.650. The average Bonchev–Trinajstić information content (AvgIpc) is 2.32. The van der Waals surface area contributed by atoms with Gasteiger partial charge >= 0.3 is 0 Å². The predicted octanol–water partition coefficient (Wildman–Crippen LogP) is 1.62. The summed E-state index contributed by atoms with van der Waals surface area (Å²) in [5, 5.41) is 4.19. The molecule has 1 heterocycles. The molecule has 0 amide bonds. The second kappa shape index (κ2) is 7.73. The van der Waals surface area contributed by atoms with Gasteiger partial charge in [-0.1, -0.05) is 5.04 Å². The number of carbonyl (C=O) groups is 1. The predicted molar refractivity (Wildman–Crippen MR) is 49.1 cm³/mol. The average molecular weight is 206 g/mol. The first-order valence-corrected chi connectivity index (χ1v) is 4.59. The third-order valence-corrected chi connectivity index (χ3v) is 1.20. The van der Waals surface area contributed by atoms with Gasteiger partial charge in [0.1, 0.15) is 5.60 Å². The minimum atomic E-state index is -0.318.